The Hall–Kier alpha value is -3.92. The number of hydrogen-bond acceptors (Lipinski definition) is 4. The Kier molecular flexibility index (Phi) is 6.74. The summed E-state index contributed by atoms with van der Waals surface area (Å²) in [4.78, 5) is 24.1. The maximum absolute atomic E-state index is 12.1. The average molecular weight is 384 g/mol. The Labute approximate surface area is 169 Å². The number of esters is 1. The molecule has 0 aliphatic rings. The third-order valence-electron chi connectivity index (χ3n) is 4.11. The van der Waals surface area contributed by atoms with Crippen molar-refractivity contribution in [1.29, 1.82) is 0 Å². The van der Waals surface area contributed by atoms with Crippen molar-refractivity contribution in [2.75, 3.05) is 7.11 Å². The monoisotopic (exact) mass is 384 g/mol. The molecule has 3 aromatic rings. The summed E-state index contributed by atoms with van der Waals surface area (Å²) in [5, 5.41) is 0. The summed E-state index contributed by atoms with van der Waals surface area (Å²) in [7, 11) is 1.60. The van der Waals surface area contributed by atoms with Crippen LogP contribution < -0.4 is 9.47 Å². The van der Waals surface area contributed by atoms with Crippen LogP contribution in [-0.4, -0.2) is 18.9 Å². The largest absolute Gasteiger partial charge is 0.497 e. The Morgan fingerprint density at radius 3 is 1.83 bits per heavy atom. The number of hydrogen-bond donors (Lipinski definition) is 0. The average Bonchev–Trinajstić information content (AvgIpc) is 2.78. The van der Waals surface area contributed by atoms with E-state index in [0.717, 1.165) is 16.9 Å². The Balaban J connectivity index is 1.55. The molecule has 0 aromatic heterocycles. The molecule has 144 valence electrons. The van der Waals surface area contributed by atoms with Crippen LogP contribution in [0, 0.1) is 0 Å². The highest BCUT2D eigenvalue weighted by Crippen LogP contribution is 2.15. The van der Waals surface area contributed by atoms with Crippen molar-refractivity contribution in [2.45, 2.75) is 0 Å². The smallest absolute Gasteiger partial charge is 0.336 e. The lowest BCUT2D eigenvalue weighted by atomic mass is 10.1. The zero-order valence-corrected chi connectivity index (χ0v) is 15.9. The highest BCUT2D eigenvalue weighted by Gasteiger charge is 2.02. The molecule has 0 amide bonds. The molecule has 3 rings (SSSR count). The minimum atomic E-state index is -0.469. The van der Waals surface area contributed by atoms with Crippen molar-refractivity contribution in [3.8, 4) is 11.5 Å². The van der Waals surface area contributed by atoms with E-state index in [0.29, 0.717) is 11.3 Å². The molecule has 0 spiro atoms. The summed E-state index contributed by atoms with van der Waals surface area (Å²) in [5.41, 5.74) is 2.34. The van der Waals surface area contributed by atoms with Gasteiger partial charge in [0.25, 0.3) is 0 Å². The van der Waals surface area contributed by atoms with Gasteiger partial charge in [-0.15, -0.1) is 0 Å². The molecule has 29 heavy (non-hydrogen) atoms. The van der Waals surface area contributed by atoms with E-state index in [1.807, 2.05) is 42.5 Å². The third-order valence-corrected chi connectivity index (χ3v) is 4.11. The number of carbonyl (C=O) groups excluding carboxylic acids is 2. The van der Waals surface area contributed by atoms with E-state index in [1.54, 1.807) is 55.7 Å². The fraction of sp³-hybridized carbons (Fsp3) is 0.0400. The molecule has 0 N–H and O–H groups in total. The van der Waals surface area contributed by atoms with Gasteiger partial charge >= 0.3 is 5.97 Å². The molecule has 0 aliphatic carbocycles. The van der Waals surface area contributed by atoms with Crippen LogP contribution in [0.2, 0.25) is 0 Å². The van der Waals surface area contributed by atoms with E-state index in [1.165, 1.54) is 12.2 Å². The van der Waals surface area contributed by atoms with E-state index in [9.17, 15) is 9.59 Å². The van der Waals surface area contributed by atoms with Gasteiger partial charge in [-0.2, -0.15) is 0 Å². The van der Waals surface area contributed by atoms with Crippen LogP contribution in [0.1, 0.15) is 21.5 Å². The van der Waals surface area contributed by atoms with Gasteiger partial charge in [0, 0.05) is 11.6 Å². The molecule has 0 radical (unpaired) electrons. The summed E-state index contributed by atoms with van der Waals surface area (Å²) in [6.45, 7) is 0. The van der Waals surface area contributed by atoms with Crippen LogP contribution >= 0.6 is 0 Å². The SMILES string of the molecule is COc1ccc(/C=C/C(=O)Oc2ccc(/C=C\C(=O)c3ccccc3)cc2)cc1. The highest BCUT2D eigenvalue weighted by atomic mass is 16.5. The predicted molar refractivity (Wildman–Crippen MR) is 114 cm³/mol. The lowest BCUT2D eigenvalue weighted by molar-refractivity contribution is -0.128. The molecule has 3 aromatic carbocycles. The van der Waals surface area contributed by atoms with Gasteiger partial charge in [-0.3, -0.25) is 4.79 Å². The molecule has 0 fully saturated rings. The van der Waals surface area contributed by atoms with Gasteiger partial charge in [-0.05, 0) is 47.5 Å². The van der Waals surface area contributed by atoms with Gasteiger partial charge in [-0.25, -0.2) is 4.79 Å². The van der Waals surface area contributed by atoms with Gasteiger partial charge in [0.05, 0.1) is 7.11 Å². The van der Waals surface area contributed by atoms with E-state index >= 15 is 0 Å². The minimum Gasteiger partial charge on any atom is -0.497 e. The van der Waals surface area contributed by atoms with Gasteiger partial charge in [0.15, 0.2) is 5.78 Å². The molecule has 0 unspecified atom stereocenters. The Morgan fingerprint density at radius 2 is 1.24 bits per heavy atom. The van der Waals surface area contributed by atoms with Crippen LogP contribution in [0.15, 0.2) is 91.0 Å². The summed E-state index contributed by atoms with van der Waals surface area (Å²) in [6, 6.07) is 23.3. The second-order valence-electron chi connectivity index (χ2n) is 6.16. The summed E-state index contributed by atoms with van der Waals surface area (Å²) < 4.78 is 10.4. The van der Waals surface area contributed by atoms with Crippen LogP contribution in [0.25, 0.3) is 12.2 Å². The number of carbonyl (C=O) groups is 2. The minimum absolute atomic E-state index is 0.0650. The predicted octanol–water partition coefficient (Wildman–Crippen LogP) is 5.21. The molecule has 0 bridgehead atoms. The molecule has 0 atom stereocenters. The standard InChI is InChI=1S/C25H20O4/c1-28-22-13-7-20(8-14-22)12-18-25(27)29-23-15-9-19(10-16-23)11-17-24(26)21-5-3-2-4-6-21/h2-18H,1H3/b17-11-,18-12+. The molecular weight excluding hydrogens is 364 g/mol. The molecular formula is C25H20O4. The highest BCUT2D eigenvalue weighted by molar-refractivity contribution is 6.06. The van der Waals surface area contributed by atoms with E-state index in [-0.39, 0.29) is 5.78 Å². The van der Waals surface area contributed by atoms with Gasteiger partial charge in [0.2, 0.25) is 0 Å². The topological polar surface area (TPSA) is 52.6 Å². The molecule has 0 saturated heterocycles. The number of ketones is 1. The van der Waals surface area contributed by atoms with Crippen LogP contribution in [0.5, 0.6) is 11.5 Å². The molecule has 0 aliphatic heterocycles. The zero-order chi connectivity index (χ0) is 20.5. The van der Waals surface area contributed by atoms with Crippen LogP contribution in [0.3, 0.4) is 0 Å². The normalized spacial score (nSPS) is 10.9. The molecule has 0 heterocycles. The first-order valence-electron chi connectivity index (χ1n) is 9.05. The van der Waals surface area contributed by atoms with Crippen molar-refractivity contribution < 1.29 is 19.1 Å². The van der Waals surface area contributed by atoms with E-state index in [4.69, 9.17) is 9.47 Å². The Bertz CT molecular complexity index is 1010. The molecule has 4 heteroatoms. The van der Waals surface area contributed by atoms with Crippen molar-refractivity contribution >= 4 is 23.9 Å². The van der Waals surface area contributed by atoms with Crippen molar-refractivity contribution in [3.05, 3.63) is 108 Å². The quantitative estimate of drug-likeness (QED) is 0.243. The van der Waals surface area contributed by atoms with Gasteiger partial charge in [-0.1, -0.05) is 60.7 Å². The molecule has 0 saturated carbocycles. The second kappa shape index (κ2) is 9.85. The number of allylic oxidation sites excluding steroid dienone is 1. The van der Waals surface area contributed by atoms with Gasteiger partial charge < -0.3 is 9.47 Å². The van der Waals surface area contributed by atoms with Crippen LogP contribution in [-0.2, 0) is 4.79 Å². The number of benzene rings is 3. The number of ether oxygens (including phenoxy) is 2. The summed E-state index contributed by atoms with van der Waals surface area (Å²) in [6.07, 6.45) is 6.29. The summed E-state index contributed by atoms with van der Waals surface area (Å²) >= 11 is 0. The maximum Gasteiger partial charge on any atom is 0.336 e. The van der Waals surface area contributed by atoms with Crippen LogP contribution in [0.4, 0.5) is 0 Å². The Morgan fingerprint density at radius 1 is 0.690 bits per heavy atom. The molecule has 4 nitrogen and oxygen atoms in total. The third kappa shape index (κ3) is 6.04. The first-order chi connectivity index (χ1) is 14.1. The number of rotatable bonds is 7. The maximum atomic E-state index is 12.1. The first kappa shape index (κ1) is 19.8. The number of methoxy groups -OCH3 is 1. The van der Waals surface area contributed by atoms with Crippen molar-refractivity contribution in [3.63, 3.8) is 0 Å². The van der Waals surface area contributed by atoms with E-state index in [2.05, 4.69) is 0 Å². The van der Waals surface area contributed by atoms with Crippen molar-refractivity contribution in [1.82, 2.24) is 0 Å². The fourth-order valence-corrected chi connectivity index (χ4v) is 2.55. The first-order valence-corrected chi connectivity index (χ1v) is 9.05. The fourth-order valence-electron chi connectivity index (χ4n) is 2.55. The van der Waals surface area contributed by atoms with E-state index < -0.39 is 5.97 Å². The van der Waals surface area contributed by atoms with Crippen molar-refractivity contribution in [2.24, 2.45) is 0 Å². The second-order valence-corrected chi connectivity index (χ2v) is 6.16. The lowest BCUT2D eigenvalue weighted by Crippen LogP contribution is -2.03. The summed E-state index contributed by atoms with van der Waals surface area (Å²) in [5.74, 6) is 0.651. The lowest BCUT2D eigenvalue weighted by Gasteiger charge is -2.02. The van der Waals surface area contributed by atoms with Gasteiger partial charge in [0.1, 0.15) is 11.5 Å². The zero-order valence-electron chi connectivity index (χ0n) is 15.9.